The number of thiazole rings is 1. The lowest BCUT2D eigenvalue weighted by molar-refractivity contribution is -0.115. The lowest BCUT2D eigenvalue weighted by Crippen LogP contribution is -2.22. The summed E-state index contributed by atoms with van der Waals surface area (Å²) in [4.78, 5) is 21.9. The Morgan fingerprint density at radius 1 is 1.26 bits per heavy atom. The SMILES string of the molecule is COc1cccc(-c2csc(NC(=O)C(C)Sc3nc(CC(C)C)ccc3C#N)n2)c1. The molecule has 1 unspecified atom stereocenters. The summed E-state index contributed by atoms with van der Waals surface area (Å²) >= 11 is 2.65. The van der Waals surface area contributed by atoms with Gasteiger partial charge in [0.2, 0.25) is 5.91 Å². The monoisotopic (exact) mass is 452 g/mol. The smallest absolute Gasteiger partial charge is 0.239 e. The van der Waals surface area contributed by atoms with E-state index in [0.29, 0.717) is 21.6 Å². The number of amides is 1. The van der Waals surface area contributed by atoms with Crippen LogP contribution in [-0.2, 0) is 11.2 Å². The predicted molar refractivity (Wildman–Crippen MR) is 126 cm³/mol. The molecule has 0 aliphatic rings. The fourth-order valence-corrected chi connectivity index (χ4v) is 4.49. The molecular formula is C23H24N4O2S2. The summed E-state index contributed by atoms with van der Waals surface area (Å²) in [7, 11) is 1.62. The van der Waals surface area contributed by atoms with Gasteiger partial charge in [-0.1, -0.05) is 37.7 Å². The van der Waals surface area contributed by atoms with Gasteiger partial charge >= 0.3 is 0 Å². The fraction of sp³-hybridized carbons (Fsp3) is 0.304. The van der Waals surface area contributed by atoms with Gasteiger partial charge in [-0.25, -0.2) is 9.97 Å². The Bertz CT molecular complexity index is 1100. The molecule has 0 spiro atoms. The highest BCUT2D eigenvalue weighted by molar-refractivity contribution is 8.00. The van der Waals surface area contributed by atoms with Crippen LogP contribution in [0, 0.1) is 17.2 Å². The molecule has 6 nitrogen and oxygen atoms in total. The zero-order chi connectivity index (χ0) is 22.4. The summed E-state index contributed by atoms with van der Waals surface area (Å²) in [6.07, 6.45) is 0.825. The van der Waals surface area contributed by atoms with Crippen molar-refractivity contribution < 1.29 is 9.53 Å². The van der Waals surface area contributed by atoms with E-state index < -0.39 is 5.25 Å². The first-order valence-corrected chi connectivity index (χ1v) is 11.6. The normalized spacial score (nSPS) is 11.7. The second kappa shape index (κ2) is 10.4. The molecule has 1 aromatic carbocycles. The Hall–Kier alpha value is -2.89. The molecule has 0 bridgehead atoms. The molecule has 0 aliphatic heterocycles. The Balaban J connectivity index is 1.69. The van der Waals surface area contributed by atoms with E-state index in [0.717, 1.165) is 29.1 Å². The largest absolute Gasteiger partial charge is 0.497 e. The maximum atomic E-state index is 12.7. The summed E-state index contributed by atoms with van der Waals surface area (Å²) < 4.78 is 5.26. The first-order chi connectivity index (χ1) is 14.9. The molecule has 0 radical (unpaired) electrons. The highest BCUT2D eigenvalue weighted by Crippen LogP contribution is 2.29. The number of nitriles is 1. The summed E-state index contributed by atoms with van der Waals surface area (Å²) in [6, 6.07) is 13.4. The van der Waals surface area contributed by atoms with Crippen LogP contribution in [0.4, 0.5) is 5.13 Å². The third-order valence-corrected chi connectivity index (χ3v) is 6.27. The van der Waals surface area contributed by atoms with E-state index in [1.165, 1.54) is 23.1 Å². The molecule has 0 saturated carbocycles. The van der Waals surface area contributed by atoms with Crippen LogP contribution in [0.25, 0.3) is 11.3 Å². The van der Waals surface area contributed by atoms with Gasteiger partial charge in [0.15, 0.2) is 5.13 Å². The van der Waals surface area contributed by atoms with Crippen molar-refractivity contribution in [1.29, 1.82) is 5.26 Å². The van der Waals surface area contributed by atoms with Gasteiger partial charge in [-0.3, -0.25) is 4.79 Å². The lowest BCUT2D eigenvalue weighted by atomic mass is 10.1. The standard InChI is InChI=1S/C23H24N4O2S2/c1-14(2)10-18-9-8-17(12-24)22(25-18)31-15(3)21(28)27-23-26-20(13-30-23)16-6-5-7-19(11-16)29-4/h5-9,11,13-15H,10H2,1-4H3,(H,26,27,28). The summed E-state index contributed by atoms with van der Waals surface area (Å²) in [5.74, 6) is 1.03. The molecule has 8 heteroatoms. The molecule has 0 aliphatic carbocycles. The number of rotatable bonds is 8. The van der Waals surface area contributed by atoms with Crippen LogP contribution in [0.3, 0.4) is 0 Å². The Kier molecular flexibility index (Phi) is 7.66. The molecule has 0 fully saturated rings. The van der Waals surface area contributed by atoms with Gasteiger partial charge in [-0.15, -0.1) is 11.3 Å². The molecule has 1 amide bonds. The summed E-state index contributed by atoms with van der Waals surface area (Å²) in [5, 5.41) is 14.8. The van der Waals surface area contributed by atoms with Crippen LogP contribution in [0.5, 0.6) is 5.75 Å². The number of nitrogens with one attached hydrogen (secondary N) is 1. The third kappa shape index (κ3) is 6.06. The van der Waals surface area contributed by atoms with Crippen molar-refractivity contribution in [3.8, 4) is 23.1 Å². The molecule has 3 aromatic rings. The number of ether oxygens (including phenoxy) is 1. The van der Waals surface area contributed by atoms with E-state index >= 15 is 0 Å². The Labute approximate surface area is 190 Å². The molecule has 2 aromatic heterocycles. The van der Waals surface area contributed by atoms with Gasteiger partial charge in [-0.05, 0) is 43.5 Å². The molecule has 1 N–H and O–H groups in total. The maximum Gasteiger partial charge on any atom is 0.239 e. The van der Waals surface area contributed by atoms with Crippen LogP contribution >= 0.6 is 23.1 Å². The molecule has 2 heterocycles. The van der Waals surface area contributed by atoms with Crippen molar-refractivity contribution >= 4 is 34.1 Å². The molecule has 31 heavy (non-hydrogen) atoms. The minimum atomic E-state index is -0.432. The van der Waals surface area contributed by atoms with Gasteiger partial charge in [0.1, 0.15) is 16.8 Å². The van der Waals surface area contributed by atoms with Crippen molar-refractivity contribution in [3.63, 3.8) is 0 Å². The number of hydrogen-bond donors (Lipinski definition) is 1. The van der Waals surface area contributed by atoms with Gasteiger partial charge in [0, 0.05) is 16.6 Å². The van der Waals surface area contributed by atoms with Crippen molar-refractivity contribution in [2.45, 2.75) is 37.5 Å². The Morgan fingerprint density at radius 2 is 2.06 bits per heavy atom. The Morgan fingerprint density at radius 3 is 2.77 bits per heavy atom. The van der Waals surface area contributed by atoms with E-state index in [9.17, 15) is 10.1 Å². The first kappa shape index (κ1) is 22.8. The number of thioether (sulfide) groups is 1. The number of anilines is 1. The van der Waals surface area contributed by atoms with Crippen LogP contribution in [0.2, 0.25) is 0 Å². The van der Waals surface area contributed by atoms with Gasteiger partial charge < -0.3 is 10.1 Å². The number of carbonyl (C=O) groups is 1. The number of nitrogens with zero attached hydrogens (tertiary/aromatic N) is 3. The second-order valence-electron chi connectivity index (χ2n) is 7.38. The zero-order valence-corrected chi connectivity index (χ0v) is 19.5. The van der Waals surface area contributed by atoms with Crippen molar-refractivity contribution in [1.82, 2.24) is 9.97 Å². The number of aromatic nitrogens is 2. The number of carbonyl (C=O) groups excluding carboxylic acids is 1. The highest BCUT2D eigenvalue weighted by atomic mass is 32.2. The molecular weight excluding hydrogens is 428 g/mol. The average molecular weight is 453 g/mol. The van der Waals surface area contributed by atoms with E-state index in [2.05, 4.69) is 35.2 Å². The van der Waals surface area contributed by atoms with Gasteiger partial charge in [0.05, 0.1) is 23.6 Å². The summed E-state index contributed by atoms with van der Waals surface area (Å²) in [5.41, 5.74) is 3.09. The maximum absolute atomic E-state index is 12.7. The van der Waals surface area contributed by atoms with E-state index in [1.807, 2.05) is 35.7 Å². The average Bonchev–Trinajstić information content (AvgIpc) is 3.22. The second-order valence-corrected chi connectivity index (χ2v) is 9.57. The molecule has 1 atom stereocenters. The van der Waals surface area contributed by atoms with E-state index in [1.54, 1.807) is 20.1 Å². The number of hydrogen-bond acceptors (Lipinski definition) is 7. The van der Waals surface area contributed by atoms with E-state index in [-0.39, 0.29) is 5.91 Å². The van der Waals surface area contributed by atoms with Crippen LogP contribution < -0.4 is 10.1 Å². The number of methoxy groups -OCH3 is 1. The van der Waals surface area contributed by atoms with Gasteiger partial charge in [0.25, 0.3) is 0 Å². The molecule has 160 valence electrons. The van der Waals surface area contributed by atoms with Crippen LogP contribution in [0.15, 0.2) is 46.8 Å². The summed E-state index contributed by atoms with van der Waals surface area (Å²) in [6.45, 7) is 6.04. The van der Waals surface area contributed by atoms with Crippen molar-refractivity contribution in [3.05, 3.63) is 53.0 Å². The molecule has 0 saturated heterocycles. The number of pyridine rings is 1. The fourth-order valence-electron chi connectivity index (χ4n) is 2.86. The van der Waals surface area contributed by atoms with E-state index in [4.69, 9.17) is 4.74 Å². The zero-order valence-electron chi connectivity index (χ0n) is 17.9. The van der Waals surface area contributed by atoms with Crippen LogP contribution in [0.1, 0.15) is 32.0 Å². The molecule has 3 rings (SSSR count). The highest BCUT2D eigenvalue weighted by Gasteiger charge is 2.19. The minimum absolute atomic E-state index is 0.184. The quantitative estimate of drug-likeness (QED) is 0.460. The van der Waals surface area contributed by atoms with Crippen molar-refractivity contribution in [2.24, 2.45) is 5.92 Å². The minimum Gasteiger partial charge on any atom is -0.497 e. The van der Waals surface area contributed by atoms with Crippen molar-refractivity contribution in [2.75, 3.05) is 12.4 Å². The van der Waals surface area contributed by atoms with Gasteiger partial charge in [-0.2, -0.15) is 5.26 Å². The predicted octanol–water partition coefficient (Wildman–Crippen LogP) is 5.40. The van der Waals surface area contributed by atoms with Crippen LogP contribution in [-0.4, -0.2) is 28.2 Å². The third-order valence-electron chi connectivity index (χ3n) is 4.41. The lowest BCUT2D eigenvalue weighted by Gasteiger charge is -2.12. The number of benzene rings is 1. The first-order valence-electron chi connectivity index (χ1n) is 9.87. The topological polar surface area (TPSA) is 87.9 Å².